The number of fused-ring (bicyclic) bond motifs is 2. The maximum Gasteiger partial charge on any atom is 0.0972 e. The van der Waals surface area contributed by atoms with Gasteiger partial charge in [0.2, 0.25) is 0 Å². The van der Waals surface area contributed by atoms with E-state index < -0.39 is 0 Å². The zero-order valence-electron chi connectivity index (χ0n) is 22.8. The van der Waals surface area contributed by atoms with Gasteiger partial charge in [0.15, 0.2) is 0 Å². The van der Waals surface area contributed by atoms with E-state index in [1.807, 2.05) is 7.05 Å². The third kappa shape index (κ3) is 3.63. The van der Waals surface area contributed by atoms with Gasteiger partial charge in [-0.1, -0.05) is 86.7 Å². The Morgan fingerprint density at radius 1 is 0.895 bits per heavy atom. The maximum absolute atomic E-state index is 10.0. The van der Waals surface area contributed by atoms with E-state index >= 15 is 0 Å². The Hall–Kier alpha value is -4.03. The Morgan fingerprint density at radius 2 is 1.55 bits per heavy atom. The zero-order chi connectivity index (χ0) is 26.5. The molecule has 4 aliphatic rings. The quantitative estimate of drug-likeness (QED) is 0.432. The summed E-state index contributed by atoms with van der Waals surface area (Å²) in [6.07, 6.45) is 20.1. The van der Waals surface area contributed by atoms with Gasteiger partial charge in [-0.2, -0.15) is 5.26 Å². The third-order valence-corrected chi connectivity index (χ3v) is 8.80. The molecule has 3 heteroatoms. The number of likely N-dealkylation sites (N-methyl/N-ethyl adjacent to an activating group) is 1. The summed E-state index contributed by atoms with van der Waals surface area (Å²) in [7, 11) is 2.02. The smallest absolute Gasteiger partial charge is 0.0972 e. The zero-order valence-corrected chi connectivity index (χ0v) is 22.8. The van der Waals surface area contributed by atoms with E-state index in [9.17, 15) is 5.26 Å². The van der Waals surface area contributed by atoms with Crippen LogP contribution in [-0.2, 0) is 5.41 Å². The lowest BCUT2D eigenvalue weighted by Crippen LogP contribution is -2.48. The summed E-state index contributed by atoms with van der Waals surface area (Å²) in [6, 6.07) is 20.4. The second-order valence-corrected chi connectivity index (χ2v) is 11.5. The topological polar surface area (TPSA) is 30.3 Å². The SMILES string of the molecule is CN1C=CC(C2=CCCC=C2C2(C)C=CC=CC2N2c3ccccc3C(C)(C)c3ccccc32)=C(C#N)C1. The number of para-hydroxylation sites is 2. The lowest BCUT2D eigenvalue weighted by Gasteiger charge is -2.51. The van der Waals surface area contributed by atoms with E-state index in [2.05, 4.69) is 134 Å². The van der Waals surface area contributed by atoms with Crippen LogP contribution in [0.15, 0.2) is 120 Å². The molecule has 2 aliphatic heterocycles. The van der Waals surface area contributed by atoms with Gasteiger partial charge in [-0.05, 0) is 72.0 Å². The first kappa shape index (κ1) is 24.3. The highest BCUT2D eigenvalue weighted by atomic mass is 15.2. The van der Waals surface area contributed by atoms with Crippen molar-refractivity contribution in [2.24, 2.45) is 5.41 Å². The molecule has 2 heterocycles. The molecule has 0 radical (unpaired) electrons. The minimum atomic E-state index is -0.298. The fraction of sp³-hybridized carbons (Fsp3) is 0.286. The average molecular weight is 498 g/mol. The summed E-state index contributed by atoms with van der Waals surface area (Å²) < 4.78 is 0. The van der Waals surface area contributed by atoms with Crippen LogP contribution in [0.5, 0.6) is 0 Å². The lowest BCUT2D eigenvalue weighted by molar-refractivity contribution is 0.439. The highest BCUT2D eigenvalue weighted by Crippen LogP contribution is 2.54. The molecule has 2 aromatic rings. The Labute approximate surface area is 227 Å². The standard InChI is InChI=1S/C35H35N3/c1-34(2)29-15-7-9-17-31(29)38(32-18-10-8-16-30(32)34)33-19-11-12-21-35(33,3)28-14-6-5-13-27(28)26-20-22-37(4)24-25(26)23-36/h7-22,33H,5-6,24H2,1-4H3. The minimum Gasteiger partial charge on any atom is -0.375 e. The van der Waals surface area contributed by atoms with Crippen molar-refractivity contribution < 1.29 is 0 Å². The van der Waals surface area contributed by atoms with Gasteiger partial charge in [-0.15, -0.1) is 0 Å². The van der Waals surface area contributed by atoms with Crippen LogP contribution >= 0.6 is 0 Å². The molecular weight excluding hydrogens is 462 g/mol. The van der Waals surface area contributed by atoms with Gasteiger partial charge >= 0.3 is 0 Å². The van der Waals surface area contributed by atoms with Gasteiger partial charge in [0.05, 0.1) is 24.2 Å². The Balaban J connectivity index is 1.52. The van der Waals surface area contributed by atoms with E-state index in [4.69, 9.17) is 0 Å². The second kappa shape index (κ2) is 9.07. The monoisotopic (exact) mass is 497 g/mol. The van der Waals surface area contributed by atoms with Crippen LogP contribution < -0.4 is 4.90 Å². The van der Waals surface area contributed by atoms with Crippen LogP contribution in [-0.4, -0.2) is 24.5 Å². The van der Waals surface area contributed by atoms with Crippen molar-refractivity contribution in [2.75, 3.05) is 18.5 Å². The first-order valence-electron chi connectivity index (χ1n) is 13.6. The van der Waals surface area contributed by atoms with Crippen LogP contribution in [0.4, 0.5) is 11.4 Å². The van der Waals surface area contributed by atoms with E-state index in [0.717, 1.165) is 24.0 Å². The van der Waals surface area contributed by atoms with Crippen LogP contribution in [0.25, 0.3) is 0 Å². The molecule has 2 aliphatic carbocycles. The van der Waals surface area contributed by atoms with E-state index in [0.29, 0.717) is 6.54 Å². The van der Waals surface area contributed by atoms with Gasteiger partial charge in [-0.25, -0.2) is 0 Å². The summed E-state index contributed by atoms with van der Waals surface area (Å²) >= 11 is 0. The predicted octanol–water partition coefficient (Wildman–Crippen LogP) is 7.89. The van der Waals surface area contributed by atoms with Gasteiger partial charge in [0.1, 0.15) is 0 Å². The van der Waals surface area contributed by atoms with Crippen molar-refractivity contribution in [3.63, 3.8) is 0 Å². The molecule has 3 nitrogen and oxygen atoms in total. The molecule has 0 N–H and O–H groups in total. The molecule has 6 rings (SSSR count). The second-order valence-electron chi connectivity index (χ2n) is 11.5. The van der Waals surface area contributed by atoms with Crippen molar-refractivity contribution in [2.45, 2.75) is 45.1 Å². The molecular formula is C35H35N3. The Kier molecular flexibility index (Phi) is 5.80. The van der Waals surface area contributed by atoms with Gasteiger partial charge < -0.3 is 9.80 Å². The fourth-order valence-electron chi connectivity index (χ4n) is 6.80. The van der Waals surface area contributed by atoms with Gasteiger partial charge in [0, 0.05) is 29.3 Å². The number of nitrogens with zero attached hydrogens (tertiary/aromatic N) is 3. The molecule has 2 unspecified atom stereocenters. The molecule has 0 fully saturated rings. The van der Waals surface area contributed by atoms with Gasteiger partial charge in [0.25, 0.3) is 0 Å². The Bertz CT molecular complexity index is 1470. The van der Waals surface area contributed by atoms with Crippen molar-refractivity contribution in [3.05, 3.63) is 131 Å². The maximum atomic E-state index is 10.0. The molecule has 2 atom stereocenters. The lowest BCUT2D eigenvalue weighted by atomic mass is 9.65. The van der Waals surface area contributed by atoms with Crippen molar-refractivity contribution >= 4 is 11.4 Å². The van der Waals surface area contributed by atoms with E-state index in [1.165, 1.54) is 33.6 Å². The van der Waals surface area contributed by atoms with Crippen LogP contribution in [0, 0.1) is 16.7 Å². The molecule has 0 spiro atoms. The summed E-state index contributed by atoms with van der Waals surface area (Å²) in [5.41, 5.74) is 9.28. The number of hydrogen-bond acceptors (Lipinski definition) is 3. The van der Waals surface area contributed by atoms with Crippen LogP contribution in [0.2, 0.25) is 0 Å². The molecule has 190 valence electrons. The first-order chi connectivity index (χ1) is 18.4. The van der Waals surface area contributed by atoms with Crippen LogP contribution in [0.1, 0.15) is 44.7 Å². The highest BCUT2D eigenvalue weighted by Gasteiger charge is 2.46. The third-order valence-electron chi connectivity index (χ3n) is 8.80. The van der Waals surface area contributed by atoms with E-state index in [1.54, 1.807) is 0 Å². The largest absolute Gasteiger partial charge is 0.375 e. The summed E-state index contributed by atoms with van der Waals surface area (Å²) in [5.74, 6) is 0. The molecule has 0 bridgehead atoms. The minimum absolute atomic E-state index is 0.0695. The summed E-state index contributed by atoms with van der Waals surface area (Å²) in [6.45, 7) is 7.69. The van der Waals surface area contributed by atoms with Crippen molar-refractivity contribution in [1.82, 2.24) is 4.90 Å². The number of hydrogen-bond donors (Lipinski definition) is 0. The molecule has 0 aromatic heterocycles. The molecule has 0 amide bonds. The first-order valence-corrected chi connectivity index (χ1v) is 13.6. The van der Waals surface area contributed by atoms with E-state index in [-0.39, 0.29) is 16.9 Å². The van der Waals surface area contributed by atoms with Gasteiger partial charge in [-0.3, -0.25) is 0 Å². The highest BCUT2D eigenvalue weighted by molar-refractivity contribution is 5.80. The number of anilines is 2. The average Bonchev–Trinajstić information content (AvgIpc) is 2.94. The predicted molar refractivity (Wildman–Crippen MR) is 157 cm³/mol. The number of benzene rings is 2. The fourth-order valence-corrected chi connectivity index (χ4v) is 6.80. The molecule has 2 aromatic carbocycles. The molecule has 38 heavy (non-hydrogen) atoms. The Morgan fingerprint density at radius 3 is 2.24 bits per heavy atom. The molecule has 0 saturated heterocycles. The normalized spacial score (nSPS) is 25.4. The summed E-state index contributed by atoms with van der Waals surface area (Å²) in [4.78, 5) is 4.64. The number of rotatable bonds is 3. The number of allylic oxidation sites excluding steroid dienone is 7. The summed E-state index contributed by atoms with van der Waals surface area (Å²) in [5, 5.41) is 10.0. The van der Waals surface area contributed by atoms with Crippen molar-refractivity contribution in [1.29, 1.82) is 5.26 Å². The molecule has 0 saturated carbocycles. The number of nitriles is 1. The van der Waals surface area contributed by atoms with Crippen LogP contribution in [0.3, 0.4) is 0 Å². The van der Waals surface area contributed by atoms with Crippen molar-refractivity contribution in [3.8, 4) is 6.07 Å².